The lowest BCUT2D eigenvalue weighted by Crippen LogP contribution is -2.43. The third-order valence-electron chi connectivity index (χ3n) is 5.05. The van der Waals surface area contributed by atoms with E-state index in [2.05, 4.69) is 11.1 Å². The number of carboxylic acid groups (broad SMARTS) is 1. The molecule has 1 aromatic carbocycles. The fraction of sp³-hybridized carbons (Fsp3) is 0.529. The van der Waals surface area contributed by atoms with Gasteiger partial charge in [-0.15, -0.1) is 0 Å². The Morgan fingerprint density at radius 3 is 2.62 bits per heavy atom. The number of aliphatic carboxylic acids is 1. The summed E-state index contributed by atoms with van der Waals surface area (Å²) in [4.78, 5) is 15.3. The molecule has 0 saturated carbocycles. The van der Waals surface area contributed by atoms with E-state index < -0.39 is 33.2 Å². The molecule has 2 unspecified atom stereocenters. The van der Waals surface area contributed by atoms with Crippen molar-refractivity contribution in [2.45, 2.75) is 45.3 Å². The minimum Gasteiger partial charge on any atom is -0.481 e. The molecule has 1 aliphatic rings. The van der Waals surface area contributed by atoms with E-state index in [0.29, 0.717) is 6.42 Å². The third-order valence-corrected chi connectivity index (χ3v) is 6.54. The molecule has 2 N–H and O–H groups in total. The molecule has 0 spiro atoms. The highest BCUT2D eigenvalue weighted by atomic mass is 32.2. The Kier molecular flexibility index (Phi) is 5.15. The number of carboxylic acids is 1. The molecule has 1 heterocycles. The van der Waals surface area contributed by atoms with Crippen LogP contribution in [0.4, 0.5) is 5.69 Å². The van der Waals surface area contributed by atoms with Crippen molar-refractivity contribution in [1.29, 1.82) is 0 Å². The molecule has 0 bridgehead atoms. The van der Waals surface area contributed by atoms with Gasteiger partial charge in [-0.05, 0) is 34.9 Å². The predicted octanol–water partition coefficient (Wildman–Crippen LogP) is 2.88. The highest BCUT2D eigenvalue weighted by Gasteiger charge is 2.43. The lowest BCUT2D eigenvalue weighted by Gasteiger charge is -2.37. The van der Waals surface area contributed by atoms with Crippen LogP contribution in [-0.4, -0.2) is 35.5 Å². The Balaban J connectivity index is 2.22. The minimum atomic E-state index is -4.47. The van der Waals surface area contributed by atoms with Crippen molar-refractivity contribution in [2.75, 3.05) is 0 Å². The van der Waals surface area contributed by atoms with E-state index >= 15 is 0 Å². The fourth-order valence-corrected chi connectivity index (χ4v) is 4.50. The van der Waals surface area contributed by atoms with Crippen molar-refractivity contribution in [1.82, 2.24) is 0 Å². The van der Waals surface area contributed by atoms with Gasteiger partial charge in [0.2, 0.25) is 0 Å². The van der Waals surface area contributed by atoms with Crippen molar-refractivity contribution in [3.05, 3.63) is 29.3 Å². The van der Waals surface area contributed by atoms with Crippen LogP contribution in [-0.2, 0) is 27.8 Å². The second kappa shape index (κ2) is 6.64. The Labute approximate surface area is 142 Å². The number of benzene rings is 1. The summed E-state index contributed by atoms with van der Waals surface area (Å²) in [7, 11) is -4.47. The maximum absolute atomic E-state index is 11.7. The average Bonchev–Trinajstić information content (AvgIpc) is 2.90. The second-order valence-corrected chi connectivity index (χ2v) is 8.61. The van der Waals surface area contributed by atoms with Gasteiger partial charge in [-0.3, -0.25) is 14.3 Å². The summed E-state index contributed by atoms with van der Waals surface area (Å²) in [5, 5.41) is 7.65. The lowest BCUT2D eigenvalue weighted by molar-refractivity contribution is -0.137. The second-order valence-electron chi connectivity index (χ2n) is 7.01. The van der Waals surface area contributed by atoms with Crippen molar-refractivity contribution in [3.8, 4) is 0 Å². The molecule has 1 aliphatic heterocycles. The van der Waals surface area contributed by atoms with Crippen molar-refractivity contribution >= 4 is 28.0 Å². The van der Waals surface area contributed by atoms with Gasteiger partial charge in [0.05, 0.1) is 12.1 Å². The molecular formula is C17H23NO5S. The monoisotopic (exact) mass is 353 g/mol. The number of aliphatic imine (C=N–C) groups is 1. The first kappa shape index (κ1) is 18.6. The van der Waals surface area contributed by atoms with Crippen LogP contribution in [0.1, 0.15) is 38.3 Å². The van der Waals surface area contributed by atoms with Gasteiger partial charge in [-0.1, -0.05) is 32.9 Å². The first-order valence-electron chi connectivity index (χ1n) is 7.84. The summed E-state index contributed by atoms with van der Waals surface area (Å²) >= 11 is 0. The Hall–Kier alpha value is -1.73. The molecule has 0 aliphatic carbocycles. The summed E-state index contributed by atoms with van der Waals surface area (Å²) < 4.78 is 32.9. The highest BCUT2D eigenvalue weighted by Crippen LogP contribution is 2.38. The van der Waals surface area contributed by atoms with Crippen LogP contribution in [0.2, 0.25) is 0 Å². The number of hydrogen-bond acceptors (Lipinski definition) is 4. The molecule has 2 rings (SSSR count). The van der Waals surface area contributed by atoms with E-state index in [-0.39, 0.29) is 5.92 Å². The zero-order chi connectivity index (χ0) is 18.1. The summed E-state index contributed by atoms with van der Waals surface area (Å²) in [5.74, 6) is -1.39. The van der Waals surface area contributed by atoms with Crippen molar-refractivity contribution in [2.24, 2.45) is 16.3 Å². The molecule has 0 fully saturated rings. The molecule has 1 aromatic rings. The van der Waals surface area contributed by atoms with Crippen LogP contribution in [0.15, 0.2) is 23.2 Å². The maximum atomic E-state index is 11.7. The van der Waals surface area contributed by atoms with Crippen molar-refractivity contribution < 1.29 is 22.9 Å². The summed E-state index contributed by atoms with van der Waals surface area (Å²) in [6.07, 6.45) is 2.61. The van der Waals surface area contributed by atoms with Gasteiger partial charge in [-0.2, -0.15) is 8.42 Å². The van der Waals surface area contributed by atoms with Crippen LogP contribution < -0.4 is 0 Å². The van der Waals surface area contributed by atoms with Gasteiger partial charge >= 0.3 is 5.97 Å². The molecule has 2 atom stereocenters. The Morgan fingerprint density at radius 1 is 1.38 bits per heavy atom. The van der Waals surface area contributed by atoms with Gasteiger partial charge in [0.25, 0.3) is 10.1 Å². The standard InChI is InChI=1S/C17H23NO5S/c1-11(8-12-4-5-14-13(9-12)6-7-18-14)17(2,3)15(10-16(19)20)24(21,22)23/h4-5,7,9,11,15H,6,8,10H2,1-3H3,(H,19,20)(H,21,22,23). The lowest BCUT2D eigenvalue weighted by atomic mass is 9.73. The average molecular weight is 353 g/mol. The molecule has 0 radical (unpaired) electrons. The number of fused-ring (bicyclic) bond motifs is 1. The predicted molar refractivity (Wildman–Crippen MR) is 92.5 cm³/mol. The summed E-state index contributed by atoms with van der Waals surface area (Å²) in [6, 6.07) is 5.94. The van der Waals surface area contributed by atoms with Gasteiger partial charge in [0.15, 0.2) is 0 Å². The largest absolute Gasteiger partial charge is 0.481 e. The zero-order valence-electron chi connectivity index (χ0n) is 14.1. The van der Waals surface area contributed by atoms with Gasteiger partial charge in [-0.25, -0.2) is 0 Å². The van der Waals surface area contributed by atoms with Crippen LogP contribution >= 0.6 is 0 Å². The first-order valence-corrected chi connectivity index (χ1v) is 9.34. The quantitative estimate of drug-likeness (QED) is 0.734. The smallest absolute Gasteiger partial charge is 0.304 e. The van der Waals surface area contributed by atoms with Crippen LogP contribution in [0.3, 0.4) is 0 Å². The van der Waals surface area contributed by atoms with E-state index in [9.17, 15) is 17.8 Å². The van der Waals surface area contributed by atoms with Crippen LogP contribution in [0.25, 0.3) is 0 Å². The Morgan fingerprint density at radius 2 is 2.04 bits per heavy atom. The zero-order valence-corrected chi connectivity index (χ0v) is 14.9. The highest BCUT2D eigenvalue weighted by molar-refractivity contribution is 7.86. The molecule has 24 heavy (non-hydrogen) atoms. The van der Waals surface area contributed by atoms with E-state index in [1.165, 1.54) is 0 Å². The van der Waals surface area contributed by atoms with Crippen LogP contribution in [0.5, 0.6) is 0 Å². The number of nitrogens with zero attached hydrogens (tertiary/aromatic N) is 1. The molecule has 0 amide bonds. The summed E-state index contributed by atoms with van der Waals surface area (Å²) in [5.41, 5.74) is 2.23. The van der Waals surface area contributed by atoms with E-state index in [1.54, 1.807) is 13.8 Å². The fourth-order valence-electron chi connectivity index (χ4n) is 3.14. The van der Waals surface area contributed by atoms with Crippen molar-refractivity contribution in [3.63, 3.8) is 0 Å². The number of hydrogen-bond donors (Lipinski definition) is 2. The molecule has 7 heteroatoms. The molecule has 0 saturated heterocycles. The molecule has 132 valence electrons. The number of rotatable bonds is 7. The molecule has 6 nitrogen and oxygen atoms in total. The maximum Gasteiger partial charge on any atom is 0.304 e. The van der Waals surface area contributed by atoms with E-state index in [4.69, 9.17) is 5.11 Å². The third kappa shape index (κ3) is 4.02. The van der Waals surface area contributed by atoms with Gasteiger partial charge in [0.1, 0.15) is 5.25 Å². The topological polar surface area (TPSA) is 104 Å². The molecular weight excluding hydrogens is 330 g/mol. The number of carbonyl (C=O) groups is 1. The van der Waals surface area contributed by atoms with Crippen LogP contribution in [0, 0.1) is 11.3 Å². The van der Waals surface area contributed by atoms with E-state index in [1.807, 2.05) is 25.3 Å². The summed E-state index contributed by atoms with van der Waals surface area (Å²) in [6.45, 7) is 5.26. The van der Waals surface area contributed by atoms with Gasteiger partial charge < -0.3 is 5.11 Å². The van der Waals surface area contributed by atoms with Gasteiger partial charge in [0, 0.05) is 12.6 Å². The first-order chi connectivity index (χ1) is 11.0. The Bertz CT molecular complexity index is 767. The van der Waals surface area contributed by atoms with E-state index in [0.717, 1.165) is 23.2 Å². The minimum absolute atomic E-state index is 0.149. The normalized spacial score (nSPS) is 16.7. The molecule has 0 aromatic heterocycles. The SMILES string of the molecule is CC(Cc1ccc2c(c1)CC=N2)C(C)(C)C(CC(=O)O)S(=O)(=O)O.